The van der Waals surface area contributed by atoms with Gasteiger partial charge in [-0.05, 0) is 49.2 Å². The number of aromatic nitrogens is 2. The van der Waals surface area contributed by atoms with Crippen LogP contribution in [0.25, 0.3) is 6.08 Å². The van der Waals surface area contributed by atoms with E-state index in [2.05, 4.69) is 89.4 Å². The Hall–Kier alpha value is -3.91. The molecule has 0 aliphatic carbocycles. The number of hydrogen-bond acceptors (Lipinski definition) is 6. The Bertz CT molecular complexity index is 1150. The fourth-order valence-corrected chi connectivity index (χ4v) is 4.22. The predicted molar refractivity (Wildman–Crippen MR) is 153 cm³/mol. The highest BCUT2D eigenvalue weighted by Gasteiger charge is 2.21. The summed E-state index contributed by atoms with van der Waals surface area (Å²) in [6.07, 6.45) is 12.1. The van der Waals surface area contributed by atoms with Crippen molar-refractivity contribution in [3.63, 3.8) is 0 Å². The second kappa shape index (κ2) is 11.9. The fourth-order valence-electron chi connectivity index (χ4n) is 4.22. The Morgan fingerprint density at radius 3 is 1.92 bits per heavy atom. The van der Waals surface area contributed by atoms with Crippen molar-refractivity contribution in [1.82, 2.24) is 9.58 Å². The van der Waals surface area contributed by atoms with Gasteiger partial charge < -0.3 is 19.4 Å². The quantitative estimate of drug-likeness (QED) is 0.349. The van der Waals surface area contributed by atoms with Crippen molar-refractivity contribution in [1.29, 1.82) is 0 Å². The van der Waals surface area contributed by atoms with Gasteiger partial charge in [-0.3, -0.25) is 0 Å². The highest BCUT2D eigenvalue weighted by atomic mass is 16.5. The van der Waals surface area contributed by atoms with Crippen molar-refractivity contribution in [2.75, 3.05) is 51.1 Å². The Morgan fingerprint density at radius 1 is 0.838 bits per heavy atom. The summed E-state index contributed by atoms with van der Waals surface area (Å²) in [6, 6.07) is 16.6. The van der Waals surface area contributed by atoms with Crippen molar-refractivity contribution in [3.05, 3.63) is 84.1 Å². The molecule has 8 nitrogen and oxygen atoms in total. The summed E-state index contributed by atoms with van der Waals surface area (Å²) in [5, 5.41) is 9.47. The van der Waals surface area contributed by atoms with Crippen LogP contribution in [0.15, 0.2) is 77.3 Å². The van der Waals surface area contributed by atoms with E-state index in [1.54, 1.807) is 0 Å². The molecule has 0 amide bonds. The Balaban J connectivity index is 1.60. The van der Waals surface area contributed by atoms with E-state index in [4.69, 9.17) is 14.9 Å². The maximum Gasteiger partial charge on any atom is 0.334 e. The van der Waals surface area contributed by atoms with Gasteiger partial charge in [-0.2, -0.15) is 0 Å². The van der Waals surface area contributed by atoms with Crippen molar-refractivity contribution in [2.24, 2.45) is 10.2 Å². The molecule has 3 aromatic rings. The Labute approximate surface area is 220 Å². The molecule has 2 atom stereocenters. The number of rotatable bonds is 8. The maximum atomic E-state index is 5.88. The summed E-state index contributed by atoms with van der Waals surface area (Å²) in [7, 11) is 8.14. The first-order valence-corrected chi connectivity index (χ1v) is 12.6. The zero-order valence-electron chi connectivity index (χ0n) is 22.7. The van der Waals surface area contributed by atoms with Crippen LogP contribution in [0.1, 0.15) is 30.8 Å². The van der Waals surface area contributed by atoms with Crippen LogP contribution in [0.3, 0.4) is 0 Å². The molecule has 37 heavy (non-hydrogen) atoms. The summed E-state index contributed by atoms with van der Waals surface area (Å²) in [5.74, 6) is 0.842. The summed E-state index contributed by atoms with van der Waals surface area (Å²) in [5.41, 5.74) is 4.37. The smallest absolute Gasteiger partial charge is 0.334 e. The molecular weight excluding hydrogens is 462 g/mol. The molecule has 0 saturated carbocycles. The number of benzene rings is 2. The third-order valence-corrected chi connectivity index (χ3v) is 6.18. The van der Waals surface area contributed by atoms with Gasteiger partial charge in [-0.1, -0.05) is 43.8 Å². The van der Waals surface area contributed by atoms with Crippen LogP contribution >= 0.6 is 0 Å². The second-order valence-corrected chi connectivity index (χ2v) is 9.83. The molecule has 194 valence electrons. The van der Waals surface area contributed by atoms with Gasteiger partial charge in [0, 0.05) is 64.9 Å². The third-order valence-electron chi connectivity index (χ3n) is 6.18. The van der Waals surface area contributed by atoms with Gasteiger partial charge in [0.25, 0.3) is 0 Å². The van der Waals surface area contributed by atoms with Crippen LogP contribution in [0.4, 0.5) is 11.4 Å². The molecule has 0 N–H and O–H groups in total. The topological polar surface area (TPSA) is 52.5 Å². The second-order valence-electron chi connectivity index (χ2n) is 9.83. The normalized spacial score (nSPS) is 18.4. The molecule has 4 rings (SSSR count). The lowest BCUT2D eigenvalue weighted by Crippen LogP contribution is -2.42. The predicted octanol–water partition coefficient (Wildman–Crippen LogP) is 3.75. The molecule has 0 spiro atoms. The molecule has 8 heteroatoms. The van der Waals surface area contributed by atoms with Gasteiger partial charge in [-0.15, -0.1) is 0 Å². The van der Waals surface area contributed by atoms with E-state index in [0.717, 1.165) is 41.4 Å². The minimum absolute atomic E-state index is 0.193. The monoisotopic (exact) mass is 500 g/mol. The van der Waals surface area contributed by atoms with Crippen LogP contribution in [-0.2, 0) is 4.74 Å². The van der Waals surface area contributed by atoms with Crippen molar-refractivity contribution < 1.29 is 9.41 Å². The minimum atomic E-state index is 0.193. The SMILES string of the molecule is C[C@@H]1CN(/C=C/c2n(/N=C/c3ccc(N(C)C)cc3)cc[n+]2/N=C/c2ccc(N(C)C)cc2)C[C@H](C)O1. The number of morpholine rings is 1. The standard InChI is InChI=1S/C29H38N7O/c1-23-21-34(22-24(2)37-23)16-15-29-35(30-19-25-7-11-27(12-8-25)32(3)4)17-18-36(29)31-20-26-9-13-28(14-10-26)33(5)6/h7-20,23-24H,21-22H2,1-6H3/q+1/b30-19+,31-20+/t23-,24+. The Morgan fingerprint density at radius 2 is 1.38 bits per heavy atom. The highest BCUT2D eigenvalue weighted by molar-refractivity contribution is 5.80. The van der Waals surface area contributed by atoms with Crippen LogP contribution in [0.5, 0.6) is 0 Å². The summed E-state index contributed by atoms with van der Waals surface area (Å²) >= 11 is 0. The van der Waals surface area contributed by atoms with E-state index in [1.165, 1.54) is 0 Å². The molecule has 0 bridgehead atoms. The van der Waals surface area contributed by atoms with Gasteiger partial charge in [0.2, 0.25) is 0 Å². The minimum Gasteiger partial charge on any atom is -0.378 e. The lowest BCUT2D eigenvalue weighted by Gasteiger charge is -2.34. The average molecular weight is 501 g/mol. The zero-order valence-corrected chi connectivity index (χ0v) is 22.7. The lowest BCUT2D eigenvalue weighted by atomic mass is 10.2. The first kappa shape index (κ1) is 26.2. The molecule has 2 aromatic carbocycles. The summed E-state index contributed by atoms with van der Waals surface area (Å²) < 4.78 is 9.57. The van der Waals surface area contributed by atoms with E-state index < -0.39 is 0 Å². The van der Waals surface area contributed by atoms with Crippen LogP contribution in [-0.4, -0.2) is 75.5 Å². The molecule has 1 aliphatic rings. The van der Waals surface area contributed by atoms with Crippen LogP contribution in [0, 0.1) is 0 Å². The number of nitrogens with zero attached hydrogens (tertiary/aromatic N) is 7. The van der Waals surface area contributed by atoms with Crippen molar-refractivity contribution in [2.45, 2.75) is 26.1 Å². The maximum absolute atomic E-state index is 5.88. The van der Waals surface area contributed by atoms with Crippen molar-refractivity contribution in [3.8, 4) is 0 Å². The lowest BCUT2D eigenvalue weighted by molar-refractivity contribution is -0.679. The number of ether oxygens (including phenoxy) is 1. The van der Waals surface area contributed by atoms with Gasteiger partial charge in [0.05, 0.1) is 24.6 Å². The van der Waals surface area contributed by atoms with Crippen LogP contribution < -0.4 is 14.5 Å². The largest absolute Gasteiger partial charge is 0.378 e. The Kier molecular flexibility index (Phi) is 8.40. The average Bonchev–Trinajstić information content (AvgIpc) is 3.26. The first-order valence-electron chi connectivity index (χ1n) is 12.6. The molecule has 1 aliphatic heterocycles. The number of anilines is 2. The number of imidazole rings is 1. The first-order chi connectivity index (χ1) is 17.8. The van der Waals surface area contributed by atoms with E-state index in [-0.39, 0.29) is 12.2 Å². The molecular formula is C29H38N7O+. The molecule has 1 aromatic heterocycles. The number of hydrogen-bond donors (Lipinski definition) is 0. The fraction of sp³-hybridized carbons (Fsp3) is 0.345. The van der Waals surface area contributed by atoms with Crippen molar-refractivity contribution >= 4 is 29.9 Å². The third kappa shape index (κ3) is 7.07. The molecule has 1 saturated heterocycles. The van der Waals surface area contributed by atoms with E-state index in [9.17, 15) is 0 Å². The molecule has 0 unspecified atom stereocenters. The highest BCUT2D eigenvalue weighted by Crippen LogP contribution is 2.14. The van der Waals surface area contributed by atoms with E-state index in [1.807, 2.05) is 62.4 Å². The zero-order chi connectivity index (χ0) is 26.4. The molecule has 2 heterocycles. The van der Waals surface area contributed by atoms with Gasteiger partial charge in [0.1, 0.15) is 0 Å². The summed E-state index contributed by atoms with van der Waals surface area (Å²) in [6.45, 7) is 5.92. The van der Waals surface area contributed by atoms with Gasteiger partial charge in [-0.25, -0.2) is 0 Å². The van der Waals surface area contributed by atoms with Crippen LogP contribution in [0.2, 0.25) is 0 Å². The van der Waals surface area contributed by atoms with Gasteiger partial charge in [0.15, 0.2) is 12.4 Å². The molecule has 1 fully saturated rings. The molecule has 0 radical (unpaired) electrons. The van der Waals surface area contributed by atoms with Gasteiger partial charge >= 0.3 is 5.82 Å². The summed E-state index contributed by atoms with van der Waals surface area (Å²) in [4.78, 5) is 6.45. The van der Waals surface area contributed by atoms with E-state index >= 15 is 0 Å². The van der Waals surface area contributed by atoms with E-state index in [0.29, 0.717) is 0 Å².